The molecule has 1 aliphatic heterocycles. The Balaban J connectivity index is 2.32. The zero-order chi connectivity index (χ0) is 10.8. The summed E-state index contributed by atoms with van der Waals surface area (Å²) in [5.41, 5.74) is 1.79. The van der Waals surface area contributed by atoms with Gasteiger partial charge < -0.3 is 15.3 Å². The van der Waals surface area contributed by atoms with Gasteiger partial charge in [0.1, 0.15) is 6.54 Å². The second-order valence-electron chi connectivity index (χ2n) is 3.40. The van der Waals surface area contributed by atoms with Crippen molar-refractivity contribution in [2.75, 3.05) is 29.9 Å². The number of fused-ring (bicyclic) bond motifs is 1. The number of carboxylic acid groups (broad SMARTS) is 1. The Morgan fingerprint density at radius 1 is 1.60 bits per heavy atom. The SMILES string of the molecule is O=C(O)CN1CCNc2ccc(Cl)cc21. The van der Waals surface area contributed by atoms with Crippen LogP contribution in [0.3, 0.4) is 0 Å². The standard InChI is InChI=1S/C10H11ClN2O2/c11-7-1-2-8-9(5-7)13(4-3-12-8)6-10(14)15/h1-2,5,12H,3-4,6H2,(H,14,15). The number of carboxylic acids is 1. The third-order valence-electron chi connectivity index (χ3n) is 2.32. The smallest absolute Gasteiger partial charge is 0.323 e. The van der Waals surface area contributed by atoms with Crippen LogP contribution in [0.2, 0.25) is 5.02 Å². The maximum absolute atomic E-state index is 10.7. The first-order valence-corrected chi connectivity index (χ1v) is 5.05. The molecule has 0 atom stereocenters. The van der Waals surface area contributed by atoms with E-state index >= 15 is 0 Å². The molecule has 0 aliphatic carbocycles. The van der Waals surface area contributed by atoms with Crippen LogP contribution in [0.5, 0.6) is 0 Å². The highest BCUT2D eigenvalue weighted by Crippen LogP contribution is 2.31. The highest BCUT2D eigenvalue weighted by Gasteiger charge is 2.18. The van der Waals surface area contributed by atoms with E-state index < -0.39 is 5.97 Å². The topological polar surface area (TPSA) is 52.6 Å². The molecule has 0 radical (unpaired) electrons. The summed E-state index contributed by atoms with van der Waals surface area (Å²) in [7, 11) is 0. The minimum atomic E-state index is -0.831. The number of hydrogen-bond donors (Lipinski definition) is 2. The summed E-state index contributed by atoms with van der Waals surface area (Å²) in [6.45, 7) is 1.44. The van der Waals surface area contributed by atoms with E-state index in [1.165, 1.54) is 0 Å². The van der Waals surface area contributed by atoms with Gasteiger partial charge in [-0.1, -0.05) is 11.6 Å². The maximum atomic E-state index is 10.7. The quantitative estimate of drug-likeness (QED) is 0.805. The van der Waals surface area contributed by atoms with E-state index in [2.05, 4.69) is 5.32 Å². The molecule has 0 saturated carbocycles. The first-order chi connectivity index (χ1) is 7.16. The Morgan fingerprint density at radius 3 is 3.13 bits per heavy atom. The van der Waals surface area contributed by atoms with E-state index in [9.17, 15) is 4.79 Å². The molecule has 4 nitrogen and oxygen atoms in total. The lowest BCUT2D eigenvalue weighted by atomic mass is 10.2. The summed E-state index contributed by atoms with van der Waals surface area (Å²) in [5.74, 6) is -0.831. The summed E-state index contributed by atoms with van der Waals surface area (Å²) >= 11 is 5.88. The Hall–Kier alpha value is -1.42. The van der Waals surface area contributed by atoms with Gasteiger partial charge in [-0.3, -0.25) is 4.79 Å². The zero-order valence-electron chi connectivity index (χ0n) is 8.03. The van der Waals surface area contributed by atoms with Gasteiger partial charge in [0.25, 0.3) is 0 Å². The fourth-order valence-corrected chi connectivity index (χ4v) is 1.86. The first-order valence-electron chi connectivity index (χ1n) is 4.67. The van der Waals surface area contributed by atoms with E-state index in [1.54, 1.807) is 17.0 Å². The van der Waals surface area contributed by atoms with Crippen LogP contribution < -0.4 is 10.2 Å². The number of nitrogens with one attached hydrogen (secondary N) is 1. The largest absolute Gasteiger partial charge is 0.480 e. The highest BCUT2D eigenvalue weighted by atomic mass is 35.5. The number of hydrogen-bond acceptors (Lipinski definition) is 3. The molecule has 0 bridgehead atoms. The molecule has 2 rings (SSSR count). The van der Waals surface area contributed by atoms with Crippen LogP contribution in [0.4, 0.5) is 11.4 Å². The Kier molecular flexibility index (Phi) is 2.68. The minimum Gasteiger partial charge on any atom is -0.480 e. The molecular weight excluding hydrogens is 216 g/mol. The number of aliphatic carboxylic acids is 1. The Bertz CT molecular complexity index is 395. The first kappa shape index (κ1) is 10.1. The van der Waals surface area contributed by atoms with E-state index in [1.807, 2.05) is 6.07 Å². The predicted molar refractivity (Wildman–Crippen MR) is 59.8 cm³/mol. The maximum Gasteiger partial charge on any atom is 0.323 e. The van der Waals surface area contributed by atoms with E-state index in [4.69, 9.17) is 16.7 Å². The van der Waals surface area contributed by atoms with E-state index in [0.29, 0.717) is 11.6 Å². The van der Waals surface area contributed by atoms with Crippen molar-refractivity contribution in [1.29, 1.82) is 0 Å². The normalized spacial score (nSPS) is 14.3. The molecule has 15 heavy (non-hydrogen) atoms. The Labute approximate surface area is 92.5 Å². The van der Waals surface area contributed by atoms with Crippen LogP contribution in [0.25, 0.3) is 0 Å². The van der Waals surface area contributed by atoms with Crippen molar-refractivity contribution in [2.24, 2.45) is 0 Å². The summed E-state index contributed by atoms with van der Waals surface area (Å²) < 4.78 is 0. The molecule has 2 N–H and O–H groups in total. The molecular formula is C10H11ClN2O2. The van der Waals surface area contributed by atoms with Gasteiger partial charge in [0.15, 0.2) is 0 Å². The second-order valence-corrected chi connectivity index (χ2v) is 3.84. The molecule has 0 aromatic heterocycles. The number of carbonyl (C=O) groups is 1. The fourth-order valence-electron chi connectivity index (χ4n) is 1.69. The molecule has 0 amide bonds. The molecule has 1 aliphatic rings. The van der Waals surface area contributed by atoms with E-state index in [-0.39, 0.29) is 6.54 Å². The summed E-state index contributed by atoms with van der Waals surface area (Å²) in [6.07, 6.45) is 0. The second kappa shape index (κ2) is 3.98. The van der Waals surface area contributed by atoms with Gasteiger partial charge >= 0.3 is 5.97 Å². The van der Waals surface area contributed by atoms with E-state index in [0.717, 1.165) is 17.9 Å². The lowest BCUT2D eigenvalue weighted by Gasteiger charge is -2.30. The van der Waals surface area contributed by atoms with Gasteiger partial charge in [-0.05, 0) is 18.2 Å². The van der Waals surface area contributed by atoms with Crippen molar-refractivity contribution in [2.45, 2.75) is 0 Å². The van der Waals surface area contributed by atoms with Crippen LogP contribution in [-0.4, -0.2) is 30.7 Å². The zero-order valence-corrected chi connectivity index (χ0v) is 8.79. The van der Waals surface area contributed by atoms with Crippen molar-refractivity contribution in [3.63, 3.8) is 0 Å². The monoisotopic (exact) mass is 226 g/mol. The third kappa shape index (κ3) is 2.15. The molecule has 80 valence electrons. The molecule has 1 aromatic carbocycles. The van der Waals surface area contributed by atoms with Crippen LogP contribution >= 0.6 is 11.6 Å². The lowest BCUT2D eigenvalue weighted by molar-refractivity contribution is -0.135. The number of rotatable bonds is 2. The van der Waals surface area contributed by atoms with Gasteiger partial charge in [0.05, 0.1) is 11.4 Å². The third-order valence-corrected chi connectivity index (χ3v) is 2.56. The average Bonchev–Trinajstić information content (AvgIpc) is 2.18. The summed E-state index contributed by atoms with van der Waals surface area (Å²) in [5, 5.41) is 12.6. The number of nitrogens with zero attached hydrogens (tertiary/aromatic N) is 1. The lowest BCUT2D eigenvalue weighted by Crippen LogP contribution is -2.37. The van der Waals surface area contributed by atoms with Gasteiger partial charge in [-0.15, -0.1) is 0 Å². The van der Waals surface area contributed by atoms with Crippen LogP contribution in [0.15, 0.2) is 18.2 Å². The van der Waals surface area contributed by atoms with Gasteiger partial charge in [-0.25, -0.2) is 0 Å². The van der Waals surface area contributed by atoms with Crippen molar-refractivity contribution in [3.05, 3.63) is 23.2 Å². The van der Waals surface area contributed by atoms with Crippen LogP contribution in [0, 0.1) is 0 Å². The fraction of sp³-hybridized carbons (Fsp3) is 0.300. The molecule has 0 fully saturated rings. The van der Waals surface area contributed by atoms with Gasteiger partial charge in [0.2, 0.25) is 0 Å². The van der Waals surface area contributed by atoms with Crippen LogP contribution in [-0.2, 0) is 4.79 Å². The Morgan fingerprint density at radius 2 is 2.40 bits per heavy atom. The van der Waals surface area contributed by atoms with Crippen molar-refractivity contribution in [3.8, 4) is 0 Å². The molecule has 0 unspecified atom stereocenters. The van der Waals surface area contributed by atoms with Crippen molar-refractivity contribution in [1.82, 2.24) is 0 Å². The molecule has 0 saturated heterocycles. The number of benzene rings is 1. The average molecular weight is 227 g/mol. The predicted octanol–water partition coefficient (Wildman–Crippen LogP) is 1.66. The number of halogens is 1. The van der Waals surface area contributed by atoms with Gasteiger partial charge in [0, 0.05) is 18.1 Å². The molecule has 5 heteroatoms. The van der Waals surface area contributed by atoms with Gasteiger partial charge in [-0.2, -0.15) is 0 Å². The molecule has 1 heterocycles. The number of anilines is 2. The van der Waals surface area contributed by atoms with Crippen molar-refractivity contribution >= 4 is 28.9 Å². The van der Waals surface area contributed by atoms with Crippen LogP contribution in [0.1, 0.15) is 0 Å². The summed E-state index contributed by atoms with van der Waals surface area (Å²) in [4.78, 5) is 12.5. The minimum absolute atomic E-state index is 0.00895. The molecule has 1 aromatic rings. The van der Waals surface area contributed by atoms with Crippen molar-refractivity contribution < 1.29 is 9.90 Å². The highest BCUT2D eigenvalue weighted by molar-refractivity contribution is 6.31. The molecule has 0 spiro atoms. The summed E-state index contributed by atoms with van der Waals surface area (Å²) in [6, 6.07) is 5.44.